The lowest BCUT2D eigenvalue weighted by molar-refractivity contribution is -0.137. The number of alkyl halides is 3. The molecule has 26 heavy (non-hydrogen) atoms. The van der Waals surface area contributed by atoms with Gasteiger partial charge < -0.3 is 10.2 Å². The number of nitrogens with zero attached hydrogens (tertiary/aromatic N) is 2. The molecule has 1 atom stereocenters. The SMILES string of the molecule is O=C(NCC1CC1)C1CCCN(c2nc3cc(C(F)(F)F)ccc3s2)C1. The first-order valence-electron chi connectivity index (χ1n) is 8.90. The van der Waals surface area contributed by atoms with Gasteiger partial charge in [-0.25, -0.2) is 4.98 Å². The van der Waals surface area contributed by atoms with E-state index in [4.69, 9.17) is 0 Å². The third kappa shape index (κ3) is 3.79. The molecule has 4 nitrogen and oxygen atoms in total. The highest BCUT2D eigenvalue weighted by Gasteiger charge is 2.32. The number of carbonyl (C=O) groups excluding carboxylic acids is 1. The van der Waals surface area contributed by atoms with Crippen molar-refractivity contribution in [1.82, 2.24) is 10.3 Å². The Kier molecular flexibility index (Phi) is 4.54. The van der Waals surface area contributed by atoms with E-state index in [1.165, 1.54) is 30.2 Å². The first-order chi connectivity index (χ1) is 12.4. The van der Waals surface area contributed by atoms with Crippen LogP contribution in [0.5, 0.6) is 0 Å². The molecule has 1 aliphatic carbocycles. The molecule has 140 valence electrons. The summed E-state index contributed by atoms with van der Waals surface area (Å²) in [6, 6.07) is 3.66. The fraction of sp³-hybridized carbons (Fsp3) is 0.556. The standard InChI is InChI=1S/C18H20F3N3OS/c19-18(20,21)13-5-6-15-14(8-13)23-17(26-15)24-7-1-2-12(10-24)16(25)22-9-11-3-4-11/h5-6,8,11-12H,1-4,7,9-10H2,(H,22,25). The number of benzene rings is 1. The molecule has 1 N–H and O–H groups in total. The van der Waals surface area contributed by atoms with Crippen LogP contribution in [0.15, 0.2) is 18.2 Å². The van der Waals surface area contributed by atoms with Crippen molar-refractivity contribution in [1.29, 1.82) is 0 Å². The predicted octanol–water partition coefficient (Wildman–Crippen LogP) is 4.06. The minimum Gasteiger partial charge on any atom is -0.356 e. The summed E-state index contributed by atoms with van der Waals surface area (Å²) < 4.78 is 39.3. The van der Waals surface area contributed by atoms with E-state index in [1.807, 2.05) is 4.90 Å². The summed E-state index contributed by atoms with van der Waals surface area (Å²) in [6.07, 6.45) is -0.249. The lowest BCUT2D eigenvalue weighted by atomic mass is 9.97. The zero-order valence-electron chi connectivity index (χ0n) is 14.2. The second-order valence-electron chi connectivity index (χ2n) is 7.15. The van der Waals surface area contributed by atoms with Crippen LogP contribution < -0.4 is 10.2 Å². The molecule has 2 fully saturated rings. The summed E-state index contributed by atoms with van der Waals surface area (Å²) in [5.41, 5.74) is -0.321. The summed E-state index contributed by atoms with van der Waals surface area (Å²) in [6.45, 7) is 2.11. The van der Waals surface area contributed by atoms with Gasteiger partial charge in [0.15, 0.2) is 5.13 Å². The fourth-order valence-corrected chi connectivity index (χ4v) is 4.28. The fourth-order valence-electron chi connectivity index (χ4n) is 3.30. The topological polar surface area (TPSA) is 45.2 Å². The smallest absolute Gasteiger partial charge is 0.356 e. The average molecular weight is 383 g/mol. The Bertz CT molecular complexity index is 816. The van der Waals surface area contributed by atoms with Gasteiger partial charge in [-0.05, 0) is 49.8 Å². The molecule has 2 heterocycles. The van der Waals surface area contributed by atoms with Crippen molar-refractivity contribution in [3.8, 4) is 0 Å². The van der Waals surface area contributed by atoms with Gasteiger partial charge >= 0.3 is 6.18 Å². The van der Waals surface area contributed by atoms with E-state index < -0.39 is 11.7 Å². The number of anilines is 1. The molecule has 1 aliphatic heterocycles. The number of hydrogen-bond donors (Lipinski definition) is 1. The Balaban J connectivity index is 1.48. The molecule has 0 radical (unpaired) electrons. The Labute approximate surface area is 153 Å². The molecule has 8 heteroatoms. The van der Waals surface area contributed by atoms with Gasteiger partial charge in [0.05, 0.1) is 21.7 Å². The zero-order chi connectivity index (χ0) is 18.3. The van der Waals surface area contributed by atoms with Crippen molar-refractivity contribution in [3.63, 3.8) is 0 Å². The first-order valence-corrected chi connectivity index (χ1v) is 9.72. The average Bonchev–Trinajstić information content (AvgIpc) is 3.35. The van der Waals surface area contributed by atoms with Crippen LogP contribution in [-0.2, 0) is 11.0 Å². The number of fused-ring (bicyclic) bond motifs is 1. The molecule has 0 bridgehead atoms. The van der Waals surface area contributed by atoms with Crippen LogP contribution in [0.2, 0.25) is 0 Å². The number of piperidine rings is 1. The maximum absolute atomic E-state index is 12.9. The molecule has 2 aliphatic rings. The number of rotatable bonds is 4. The van der Waals surface area contributed by atoms with E-state index in [0.29, 0.717) is 23.1 Å². The van der Waals surface area contributed by atoms with Crippen molar-refractivity contribution in [3.05, 3.63) is 23.8 Å². The van der Waals surface area contributed by atoms with Crippen LogP contribution >= 0.6 is 11.3 Å². The second-order valence-corrected chi connectivity index (χ2v) is 8.16. The molecule has 2 aromatic rings. The van der Waals surface area contributed by atoms with Crippen LogP contribution in [0.25, 0.3) is 10.2 Å². The minimum atomic E-state index is -4.37. The van der Waals surface area contributed by atoms with E-state index in [1.54, 1.807) is 0 Å². The number of amides is 1. The van der Waals surface area contributed by atoms with Gasteiger partial charge in [0.1, 0.15) is 0 Å². The van der Waals surface area contributed by atoms with Gasteiger partial charge in [-0.15, -0.1) is 0 Å². The monoisotopic (exact) mass is 383 g/mol. The number of carbonyl (C=O) groups is 1. The summed E-state index contributed by atoms with van der Waals surface area (Å²) in [5.74, 6) is 0.646. The molecular formula is C18H20F3N3OS. The normalized spacial score (nSPS) is 21.2. The quantitative estimate of drug-likeness (QED) is 0.866. The highest BCUT2D eigenvalue weighted by molar-refractivity contribution is 7.22. The predicted molar refractivity (Wildman–Crippen MR) is 95.3 cm³/mol. The zero-order valence-corrected chi connectivity index (χ0v) is 15.0. The lowest BCUT2D eigenvalue weighted by Crippen LogP contribution is -2.43. The molecule has 1 amide bonds. The van der Waals surface area contributed by atoms with Gasteiger partial charge in [-0.1, -0.05) is 11.3 Å². The maximum atomic E-state index is 12.9. The van der Waals surface area contributed by atoms with Gasteiger partial charge in [0, 0.05) is 19.6 Å². The summed E-state index contributed by atoms with van der Waals surface area (Å²) in [7, 11) is 0. The highest BCUT2D eigenvalue weighted by atomic mass is 32.1. The Morgan fingerprint density at radius 1 is 1.31 bits per heavy atom. The lowest BCUT2D eigenvalue weighted by Gasteiger charge is -2.31. The van der Waals surface area contributed by atoms with Crippen LogP contribution in [-0.4, -0.2) is 30.5 Å². The second kappa shape index (κ2) is 6.72. The number of hydrogen-bond acceptors (Lipinski definition) is 4. The summed E-state index contributed by atoms with van der Waals surface area (Å²) in [5, 5.41) is 3.72. The number of halogens is 3. The Hall–Kier alpha value is -1.83. The number of aromatic nitrogens is 1. The van der Waals surface area contributed by atoms with E-state index in [9.17, 15) is 18.0 Å². The van der Waals surface area contributed by atoms with Crippen molar-refractivity contribution in [2.24, 2.45) is 11.8 Å². The van der Waals surface area contributed by atoms with Crippen molar-refractivity contribution in [2.75, 3.05) is 24.5 Å². The Morgan fingerprint density at radius 3 is 2.85 bits per heavy atom. The van der Waals surface area contributed by atoms with Crippen molar-refractivity contribution < 1.29 is 18.0 Å². The van der Waals surface area contributed by atoms with E-state index >= 15 is 0 Å². The van der Waals surface area contributed by atoms with E-state index in [0.717, 1.165) is 42.8 Å². The highest BCUT2D eigenvalue weighted by Crippen LogP contribution is 2.36. The van der Waals surface area contributed by atoms with Gasteiger partial charge in [-0.2, -0.15) is 13.2 Å². The molecule has 1 unspecified atom stereocenters. The molecule has 1 aromatic carbocycles. The molecular weight excluding hydrogens is 363 g/mol. The third-order valence-corrected chi connectivity index (χ3v) is 6.13. The minimum absolute atomic E-state index is 0.0831. The van der Waals surface area contributed by atoms with Crippen LogP contribution in [0.3, 0.4) is 0 Å². The molecule has 1 saturated heterocycles. The maximum Gasteiger partial charge on any atom is 0.416 e. The van der Waals surface area contributed by atoms with Crippen LogP contribution in [0, 0.1) is 11.8 Å². The van der Waals surface area contributed by atoms with Crippen LogP contribution in [0.4, 0.5) is 18.3 Å². The molecule has 0 spiro atoms. The third-order valence-electron chi connectivity index (χ3n) is 5.03. The summed E-state index contributed by atoms with van der Waals surface area (Å²) in [4.78, 5) is 18.8. The van der Waals surface area contributed by atoms with E-state index in [2.05, 4.69) is 10.3 Å². The summed E-state index contributed by atoms with van der Waals surface area (Å²) >= 11 is 1.38. The van der Waals surface area contributed by atoms with Gasteiger partial charge in [0.2, 0.25) is 5.91 Å². The van der Waals surface area contributed by atoms with Crippen molar-refractivity contribution in [2.45, 2.75) is 31.9 Å². The largest absolute Gasteiger partial charge is 0.416 e. The Morgan fingerprint density at radius 2 is 2.12 bits per heavy atom. The molecule has 1 saturated carbocycles. The van der Waals surface area contributed by atoms with Crippen molar-refractivity contribution >= 4 is 32.6 Å². The van der Waals surface area contributed by atoms with Gasteiger partial charge in [-0.3, -0.25) is 4.79 Å². The molecule has 1 aromatic heterocycles. The molecule has 4 rings (SSSR count). The number of thiazole rings is 1. The van der Waals surface area contributed by atoms with Crippen LogP contribution in [0.1, 0.15) is 31.2 Å². The first kappa shape index (κ1) is 17.6. The van der Waals surface area contributed by atoms with Gasteiger partial charge in [0.25, 0.3) is 0 Å². The van der Waals surface area contributed by atoms with E-state index in [-0.39, 0.29) is 11.8 Å². The number of nitrogens with one attached hydrogen (secondary N) is 1.